The van der Waals surface area contributed by atoms with Gasteiger partial charge in [-0.15, -0.1) is 0 Å². The fraction of sp³-hybridized carbons (Fsp3) is 0.400. The number of sulfonamides is 1. The van der Waals surface area contributed by atoms with Crippen LogP contribution in [0.25, 0.3) is 0 Å². The highest BCUT2D eigenvalue weighted by Crippen LogP contribution is 2.21. The standard InChI is InChI=1S/C10H13BrFNO2S/c1-7(2)6-16(14,15)13-8-3-4-10(12)9(11)5-8/h3-5,7,13H,6H2,1-2H3. The molecule has 1 aromatic carbocycles. The molecule has 6 heteroatoms. The summed E-state index contributed by atoms with van der Waals surface area (Å²) in [5.74, 6) is -0.338. The molecule has 0 atom stereocenters. The van der Waals surface area contributed by atoms with Gasteiger partial charge in [-0.1, -0.05) is 13.8 Å². The Morgan fingerprint density at radius 1 is 1.44 bits per heavy atom. The maximum atomic E-state index is 12.9. The van der Waals surface area contributed by atoms with Gasteiger partial charge in [0.1, 0.15) is 5.82 Å². The molecule has 0 aromatic heterocycles. The molecular weight excluding hydrogens is 297 g/mol. The summed E-state index contributed by atoms with van der Waals surface area (Å²) in [6.07, 6.45) is 0. The monoisotopic (exact) mass is 309 g/mol. The van der Waals surface area contributed by atoms with Crippen molar-refractivity contribution >= 4 is 31.6 Å². The third kappa shape index (κ3) is 4.09. The molecule has 0 unspecified atom stereocenters. The molecule has 0 aliphatic carbocycles. The highest BCUT2D eigenvalue weighted by Gasteiger charge is 2.13. The molecule has 0 saturated heterocycles. The Bertz CT molecular complexity index is 474. The minimum atomic E-state index is -3.36. The zero-order chi connectivity index (χ0) is 12.3. The Labute approximate surface area is 103 Å². The first-order valence-corrected chi connectivity index (χ1v) is 7.20. The Morgan fingerprint density at radius 2 is 2.06 bits per heavy atom. The van der Waals surface area contributed by atoms with Crippen LogP contribution >= 0.6 is 15.9 Å². The van der Waals surface area contributed by atoms with Crippen LogP contribution in [0.4, 0.5) is 10.1 Å². The molecule has 0 aliphatic rings. The van der Waals surface area contributed by atoms with Crippen LogP contribution in [0, 0.1) is 11.7 Å². The van der Waals surface area contributed by atoms with Crippen LogP contribution in [-0.2, 0) is 10.0 Å². The van der Waals surface area contributed by atoms with Crippen molar-refractivity contribution in [1.82, 2.24) is 0 Å². The van der Waals surface area contributed by atoms with Crippen molar-refractivity contribution in [3.8, 4) is 0 Å². The highest BCUT2D eigenvalue weighted by molar-refractivity contribution is 9.10. The molecule has 0 saturated carbocycles. The lowest BCUT2D eigenvalue weighted by Gasteiger charge is -2.10. The molecule has 0 spiro atoms. The summed E-state index contributed by atoms with van der Waals surface area (Å²) in [5.41, 5.74) is 0.355. The van der Waals surface area contributed by atoms with Gasteiger partial charge in [-0.25, -0.2) is 12.8 Å². The summed E-state index contributed by atoms with van der Waals surface area (Å²) in [4.78, 5) is 0. The normalized spacial score (nSPS) is 11.8. The van der Waals surface area contributed by atoms with Crippen molar-refractivity contribution in [2.45, 2.75) is 13.8 Å². The lowest BCUT2D eigenvalue weighted by Crippen LogP contribution is -2.20. The minimum absolute atomic E-state index is 0.0430. The lowest BCUT2D eigenvalue weighted by molar-refractivity contribution is 0.587. The van der Waals surface area contributed by atoms with E-state index in [2.05, 4.69) is 20.7 Å². The average Bonchev–Trinajstić information content (AvgIpc) is 2.08. The summed E-state index contributed by atoms with van der Waals surface area (Å²) in [6, 6.07) is 3.99. The largest absolute Gasteiger partial charge is 0.284 e. The predicted molar refractivity (Wildman–Crippen MR) is 66.3 cm³/mol. The number of benzene rings is 1. The second-order valence-electron chi connectivity index (χ2n) is 3.91. The zero-order valence-corrected chi connectivity index (χ0v) is 11.4. The second-order valence-corrected chi connectivity index (χ2v) is 6.53. The Balaban J connectivity index is 2.84. The van der Waals surface area contributed by atoms with Crippen molar-refractivity contribution in [3.05, 3.63) is 28.5 Å². The number of rotatable bonds is 4. The van der Waals surface area contributed by atoms with E-state index in [1.54, 1.807) is 0 Å². The summed E-state index contributed by atoms with van der Waals surface area (Å²) in [6.45, 7) is 3.64. The summed E-state index contributed by atoms with van der Waals surface area (Å²) in [7, 11) is -3.36. The highest BCUT2D eigenvalue weighted by atomic mass is 79.9. The molecule has 0 radical (unpaired) electrons. The maximum Gasteiger partial charge on any atom is 0.232 e. The first-order chi connectivity index (χ1) is 7.30. The lowest BCUT2D eigenvalue weighted by atomic mass is 10.3. The SMILES string of the molecule is CC(C)CS(=O)(=O)Nc1ccc(F)c(Br)c1. The van der Waals surface area contributed by atoms with Gasteiger partial charge in [-0.2, -0.15) is 0 Å². The van der Waals surface area contributed by atoms with Gasteiger partial charge in [0.25, 0.3) is 0 Å². The van der Waals surface area contributed by atoms with E-state index in [4.69, 9.17) is 0 Å². The third-order valence-electron chi connectivity index (χ3n) is 1.75. The zero-order valence-electron chi connectivity index (χ0n) is 9.00. The van der Waals surface area contributed by atoms with Crippen molar-refractivity contribution < 1.29 is 12.8 Å². The predicted octanol–water partition coefficient (Wildman–Crippen LogP) is 2.99. The van der Waals surface area contributed by atoms with Gasteiger partial charge in [0, 0.05) is 5.69 Å². The van der Waals surface area contributed by atoms with E-state index in [0.29, 0.717) is 5.69 Å². The van der Waals surface area contributed by atoms with E-state index in [-0.39, 0.29) is 16.1 Å². The van der Waals surface area contributed by atoms with Crippen LogP contribution in [0.2, 0.25) is 0 Å². The molecule has 0 bridgehead atoms. The van der Waals surface area contributed by atoms with Crippen molar-refractivity contribution in [2.75, 3.05) is 10.5 Å². The first kappa shape index (κ1) is 13.4. The van der Waals surface area contributed by atoms with Gasteiger partial charge < -0.3 is 0 Å². The molecule has 0 aliphatic heterocycles. The molecular formula is C10H13BrFNO2S. The molecule has 90 valence electrons. The van der Waals surface area contributed by atoms with E-state index in [1.165, 1.54) is 18.2 Å². The fourth-order valence-electron chi connectivity index (χ4n) is 1.22. The van der Waals surface area contributed by atoms with Crippen LogP contribution in [0.15, 0.2) is 22.7 Å². The van der Waals surface area contributed by atoms with Crippen molar-refractivity contribution in [2.24, 2.45) is 5.92 Å². The fourth-order valence-corrected chi connectivity index (χ4v) is 3.05. The van der Waals surface area contributed by atoms with E-state index in [9.17, 15) is 12.8 Å². The summed E-state index contributed by atoms with van der Waals surface area (Å²) >= 11 is 2.99. The topological polar surface area (TPSA) is 46.2 Å². The molecule has 1 aromatic rings. The first-order valence-electron chi connectivity index (χ1n) is 4.76. The van der Waals surface area contributed by atoms with E-state index in [0.717, 1.165) is 0 Å². The van der Waals surface area contributed by atoms with Gasteiger partial charge >= 0.3 is 0 Å². The molecule has 0 heterocycles. The van der Waals surface area contributed by atoms with Crippen molar-refractivity contribution in [3.63, 3.8) is 0 Å². The third-order valence-corrected chi connectivity index (χ3v) is 4.01. The van der Waals surface area contributed by atoms with E-state index < -0.39 is 15.8 Å². The average molecular weight is 310 g/mol. The number of hydrogen-bond donors (Lipinski definition) is 1. The van der Waals surface area contributed by atoms with E-state index >= 15 is 0 Å². The number of halogens is 2. The Hall–Kier alpha value is -0.620. The molecule has 3 nitrogen and oxygen atoms in total. The maximum absolute atomic E-state index is 12.9. The second kappa shape index (κ2) is 5.14. The van der Waals surface area contributed by atoms with E-state index in [1.807, 2.05) is 13.8 Å². The smallest absolute Gasteiger partial charge is 0.232 e. The molecule has 0 amide bonds. The Kier molecular flexibility index (Phi) is 4.32. The minimum Gasteiger partial charge on any atom is -0.284 e. The van der Waals surface area contributed by atoms with Crippen LogP contribution in [-0.4, -0.2) is 14.2 Å². The van der Waals surface area contributed by atoms with Gasteiger partial charge in [0.15, 0.2) is 0 Å². The molecule has 1 rings (SSSR count). The molecule has 1 N–H and O–H groups in total. The van der Waals surface area contributed by atoms with Crippen molar-refractivity contribution in [1.29, 1.82) is 0 Å². The number of nitrogens with one attached hydrogen (secondary N) is 1. The van der Waals surface area contributed by atoms with Gasteiger partial charge in [0.2, 0.25) is 10.0 Å². The summed E-state index contributed by atoms with van der Waals surface area (Å²) < 4.78 is 38.7. The Morgan fingerprint density at radius 3 is 2.56 bits per heavy atom. The molecule has 0 fully saturated rings. The van der Waals surface area contributed by atoms with Crippen LogP contribution < -0.4 is 4.72 Å². The summed E-state index contributed by atoms with van der Waals surface area (Å²) in [5, 5.41) is 0. The van der Waals surface area contributed by atoms with Gasteiger partial charge in [0.05, 0.1) is 10.2 Å². The quantitative estimate of drug-likeness (QED) is 0.929. The number of anilines is 1. The van der Waals surface area contributed by atoms with Crippen LogP contribution in [0.5, 0.6) is 0 Å². The molecule has 16 heavy (non-hydrogen) atoms. The number of hydrogen-bond acceptors (Lipinski definition) is 2. The van der Waals surface area contributed by atoms with Gasteiger partial charge in [-0.05, 0) is 40.0 Å². The van der Waals surface area contributed by atoms with Crippen LogP contribution in [0.1, 0.15) is 13.8 Å². The van der Waals surface area contributed by atoms with Gasteiger partial charge in [-0.3, -0.25) is 4.72 Å². The van der Waals surface area contributed by atoms with Crippen LogP contribution in [0.3, 0.4) is 0 Å².